The van der Waals surface area contributed by atoms with E-state index in [1.807, 2.05) is 6.07 Å². The summed E-state index contributed by atoms with van der Waals surface area (Å²) >= 11 is 0. The van der Waals surface area contributed by atoms with Crippen molar-refractivity contribution in [2.45, 2.75) is 32.2 Å². The third kappa shape index (κ3) is 3.61. The molecule has 2 N–H and O–H groups in total. The molecule has 0 saturated heterocycles. The second-order valence-electron chi connectivity index (χ2n) is 6.07. The van der Waals surface area contributed by atoms with Crippen LogP contribution in [-0.4, -0.2) is 31.5 Å². The summed E-state index contributed by atoms with van der Waals surface area (Å²) in [5.41, 5.74) is 0.859. The van der Waals surface area contributed by atoms with Crippen molar-refractivity contribution in [3.63, 3.8) is 0 Å². The standard InChI is InChI=1S/C17H20N4O3/c22-16(15(17(23)24)13-3-1-2-4-13)20-10-12-5-6-19-14(9-12)21-8-7-18-11-21/h5-9,11,13,15H,1-4,10H2,(H,20,22)(H,23,24). The summed E-state index contributed by atoms with van der Waals surface area (Å²) in [6, 6.07) is 3.64. The minimum absolute atomic E-state index is 0.0542. The second-order valence-corrected chi connectivity index (χ2v) is 6.07. The fraction of sp³-hybridized carbons (Fsp3) is 0.412. The van der Waals surface area contributed by atoms with Crippen molar-refractivity contribution in [3.8, 4) is 5.82 Å². The number of pyridine rings is 1. The van der Waals surface area contributed by atoms with Crippen molar-refractivity contribution in [2.24, 2.45) is 11.8 Å². The molecule has 1 aliphatic rings. The topological polar surface area (TPSA) is 97.1 Å². The molecule has 3 rings (SSSR count). The highest BCUT2D eigenvalue weighted by atomic mass is 16.4. The Bertz CT molecular complexity index is 708. The number of carboxylic acid groups (broad SMARTS) is 1. The molecule has 1 amide bonds. The molecular formula is C17H20N4O3. The van der Waals surface area contributed by atoms with E-state index in [0.717, 1.165) is 31.2 Å². The minimum atomic E-state index is -1.03. The lowest BCUT2D eigenvalue weighted by molar-refractivity contribution is -0.149. The highest BCUT2D eigenvalue weighted by molar-refractivity contribution is 5.97. The Labute approximate surface area is 139 Å². The maximum atomic E-state index is 12.3. The highest BCUT2D eigenvalue weighted by Gasteiger charge is 2.36. The Kier molecular flexibility index (Phi) is 4.88. The molecular weight excluding hydrogens is 308 g/mol. The number of aromatic nitrogens is 3. The van der Waals surface area contributed by atoms with Crippen molar-refractivity contribution in [1.29, 1.82) is 0 Å². The molecule has 1 aliphatic carbocycles. The number of amides is 1. The van der Waals surface area contributed by atoms with Gasteiger partial charge in [0.15, 0.2) is 0 Å². The van der Waals surface area contributed by atoms with Gasteiger partial charge in [0.05, 0.1) is 0 Å². The molecule has 0 bridgehead atoms. The first-order chi connectivity index (χ1) is 11.6. The van der Waals surface area contributed by atoms with Gasteiger partial charge in [-0.25, -0.2) is 9.97 Å². The van der Waals surface area contributed by atoms with Crippen LogP contribution < -0.4 is 5.32 Å². The van der Waals surface area contributed by atoms with Gasteiger partial charge in [0.2, 0.25) is 5.91 Å². The number of carboxylic acids is 1. The van der Waals surface area contributed by atoms with Gasteiger partial charge >= 0.3 is 5.97 Å². The van der Waals surface area contributed by atoms with Gasteiger partial charge in [-0.05, 0) is 36.5 Å². The molecule has 7 nitrogen and oxygen atoms in total. The van der Waals surface area contributed by atoms with Crippen molar-refractivity contribution in [2.75, 3.05) is 0 Å². The van der Waals surface area contributed by atoms with E-state index >= 15 is 0 Å². The van der Waals surface area contributed by atoms with E-state index in [4.69, 9.17) is 0 Å². The van der Waals surface area contributed by atoms with Gasteiger partial charge in [-0.1, -0.05) is 12.8 Å². The third-order valence-corrected chi connectivity index (χ3v) is 4.47. The predicted molar refractivity (Wildman–Crippen MR) is 86.3 cm³/mol. The number of hydrogen-bond acceptors (Lipinski definition) is 4. The van der Waals surface area contributed by atoms with Crippen LogP contribution in [0.5, 0.6) is 0 Å². The van der Waals surface area contributed by atoms with Gasteiger partial charge in [-0.2, -0.15) is 0 Å². The third-order valence-electron chi connectivity index (χ3n) is 4.47. The summed E-state index contributed by atoms with van der Waals surface area (Å²) in [5, 5.41) is 12.1. The van der Waals surface area contributed by atoms with Crippen LogP contribution in [0.2, 0.25) is 0 Å². The lowest BCUT2D eigenvalue weighted by atomic mass is 9.90. The maximum Gasteiger partial charge on any atom is 0.316 e. The van der Waals surface area contributed by atoms with Crippen molar-refractivity contribution >= 4 is 11.9 Å². The molecule has 2 heterocycles. The molecule has 0 aliphatic heterocycles. The second kappa shape index (κ2) is 7.25. The van der Waals surface area contributed by atoms with Crippen molar-refractivity contribution in [3.05, 3.63) is 42.6 Å². The van der Waals surface area contributed by atoms with E-state index in [-0.39, 0.29) is 12.5 Å². The fourth-order valence-electron chi connectivity index (χ4n) is 3.22. The van der Waals surface area contributed by atoms with E-state index in [2.05, 4.69) is 15.3 Å². The fourth-order valence-corrected chi connectivity index (χ4v) is 3.22. The molecule has 0 radical (unpaired) electrons. The molecule has 0 spiro atoms. The molecule has 1 atom stereocenters. The molecule has 2 aromatic rings. The van der Waals surface area contributed by atoms with E-state index in [9.17, 15) is 14.7 Å². The van der Waals surface area contributed by atoms with Crippen LogP contribution in [0.15, 0.2) is 37.1 Å². The van der Waals surface area contributed by atoms with Gasteiger partial charge in [-0.15, -0.1) is 0 Å². The Morgan fingerprint density at radius 3 is 2.79 bits per heavy atom. The average molecular weight is 328 g/mol. The Morgan fingerprint density at radius 2 is 2.12 bits per heavy atom. The smallest absolute Gasteiger partial charge is 0.316 e. The number of nitrogens with zero attached hydrogens (tertiary/aromatic N) is 3. The summed E-state index contributed by atoms with van der Waals surface area (Å²) in [6.07, 6.45) is 10.4. The summed E-state index contributed by atoms with van der Waals surface area (Å²) in [7, 11) is 0. The predicted octanol–water partition coefficient (Wildman–Crippen LogP) is 1.77. The van der Waals surface area contributed by atoms with E-state index < -0.39 is 17.8 Å². The van der Waals surface area contributed by atoms with Crippen LogP contribution in [0, 0.1) is 11.8 Å². The molecule has 0 aromatic carbocycles. The number of nitrogens with one attached hydrogen (secondary N) is 1. The summed E-state index contributed by atoms with van der Waals surface area (Å²) in [4.78, 5) is 32.0. The van der Waals surface area contributed by atoms with Crippen LogP contribution in [0.25, 0.3) is 5.82 Å². The molecule has 126 valence electrons. The van der Waals surface area contributed by atoms with Crippen LogP contribution in [0.1, 0.15) is 31.2 Å². The zero-order valence-electron chi connectivity index (χ0n) is 13.3. The van der Waals surface area contributed by atoms with Crippen molar-refractivity contribution in [1.82, 2.24) is 19.9 Å². The van der Waals surface area contributed by atoms with Gasteiger partial charge in [0.1, 0.15) is 18.1 Å². The first-order valence-electron chi connectivity index (χ1n) is 8.09. The Hall–Kier alpha value is -2.70. The SMILES string of the molecule is O=C(O)C(C(=O)NCc1ccnc(-n2ccnc2)c1)C1CCCC1. The lowest BCUT2D eigenvalue weighted by Gasteiger charge is -2.18. The van der Waals surface area contributed by atoms with Crippen LogP contribution in [0.3, 0.4) is 0 Å². The number of rotatable bonds is 6. The Balaban J connectivity index is 1.65. The first-order valence-corrected chi connectivity index (χ1v) is 8.09. The number of carbonyl (C=O) groups excluding carboxylic acids is 1. The van der Waals surface area contributed by atoms with Gasteiger partial charge in [-0.3, -0.25) is 14.2 Å². The summed E-state index contributed by atoms with van der Waals surface area (Å²) < 4.78 is 1.77. The summed E-state index contributed by atoms with van der Waals surface area (Å²) in [6.45, 7) is 0.277. The molecule has 24 heavy (non-hydrogen) atoms. The van der Waals surface area contributed by atoms with Crippen molar-refractivity contribution < 1.29 is 14.7 Å². The van der Waals surface area contributed by atoms with Crippen LogP contribution in [-0.2, 0) is 16.1 Å². The van der Waals surface area contributed by atoms with E-state index in [1.165, 1.54) is 0 Å². The quantitative estimate of drug-likeness (QED) is 0.788. The molecule has 7 heteroatoms. The largest absolute Gasteiger partial charge is 0.481 e. The highest BCUT2D eigenvalue weighted by Crippen LogP contribution is 2.31. The molecule has 1 unspecified atom stereocenters. The number of aliphatic carboxylic acids is 1. The molecule has 1 saturated carbocycles. The number of hydrogen-bond donors (Lipinski definition) is 2. The van der Waals surface area contributed by atoms with Crippen LogP contribution >= 0.6 is 0 Å². The first kappa shape index (κ1) is 16.2. The minimum Gasteiger partial charge on any atom is -0.481 e. The van der Waals surface area contributed by atoms with Gasteiger partial charge in [0.25, 0.3) is 0 Å². The number of imidazole rings is 1. The summed E-state index contributed by atoms with van der Waals surface area (Å²) in [5.74, 6) is -1.75. The zero-order valence-corrected chi connectivity index (χ0v) is 13.3. The Morgan fingerprint density at radius 1 is 1.33 bits per heavy atom. The van der Waals surface area contributed by atoms with E-state index in [0.29, 0.717) is 5.82 Å². The zero-order chi connectivity index (χ0) is 16.9. The van der Waals surface area contributed by atoms with Gasteiger partial charge in [0, 0.05) is 25.1 Å². The number of carbonyl (C=O) groups is 2. The molecule has 1 fully saturated rings. The average Bonchev–Trinajstić information content (AvgIpc) is 3.27. The normalized spacial score (nSPS) is 16.0. The van der Waals surface area contributed by atoms with E-state index in [1.54, 1.807) is 35.6 Å². The van der Waals surface area contributed by atoms with Gasteiger partial charge < -0.3 is 10.4 Å². The lowest BCUT2D eigenvalue weighted by Crippen LogP contribution is -2.38. The molecule has 2 aromatic heterocycles. The maximum absolute atomic E-state index is 12.3. The van der Waals surface area contributed by atoms with Crippen LogP contribution in [0.4, 0.5) is 0 Å². The monoisotopic (exact) mass is 328 g/mol.